The Balaban J connectivity index is 2.31. The molecule has 1 nitrogen and oxygen atoms in total. The van der Waals surface area contributed by atoms with E-state index < -0.39 is 0 Å². The average molecular weight is 250 g/mol. The zero-order valence-corrected chi connectivity index (χ0v) is 11.3. The lowest BCUT2D eigenvalue weighted by Gasteiger charge is -1.99. The molecule has 0 aliphatic carbocycles. The van der Waals surface area contributed by atoms with Crippen molar-refractivity contribution in [1.82, 2.24) is 0 Å². The third-order valence-corrected chi connectivity index (χ3v) is 3.66. The van der Waals surface area contributed by atoms with Crippen LogP contribution in [-0.2, 0) is 6.42 Å². The van der Waals surface area contributed by atoms with Crippen LogP contribution in [0.5, 0.6) is 0 Å². The molecule has 0 N–H and O–H groups in total. The quantitative estimate of drug-likeness (QED) is 0.589. The number of furan rings is 1. The summed E-state index contributed by atoms with van der Waals surface area (Å²) >= 11 is 0. The summed E-state index contributed by atoms with van der Waals surface area (Å²) in [7, 11) is 0. The number of unbranched alkanes of at least 4 members (excludes halogenated alkanes) is 1. The molecular formula is C18H18O. The lowest BCUT2D eigenvalue weighted by Crippen LogP contribution is -1.84. The van der Waals surface area contributed by atoms with Gasteiger partial charge in [-0.3, -0.25) is 0 Å². The van der Waals surface area contributed by atoms with Crippen molar-refractivity contribution in [2.45, 2.75) is 26.2 Å². The number of aryl methyl sites for hydroxylation is 1. The first-order valence-electron chi connectivity index (χ1n) is 6.90. The molecule has 0 amide bonds. The average Bonchev–Trinajstić information content (AvgIpc) is 2.83. The minimum absolute atomic E-state index is 0.972. The van der Waals surface area contributed by atoms with E-state index in [1.807, 2.05) is 6.08 Å². The summed E-state index contributed by atoms with van der Waals surface area (Å²) in [4.78, 5) is 0. The fourth-order valence-corrected chi connectivity index (χ4v) is 2.68. The van der Waals surface area contributed by atoms with Gasteiger partial charge in [-0.2, -0.15) is 0 Å². The summed E-state index contributed by atoms with van der Waals surface area (Å²) in [5, 5.41) is 3.71. The first-order valence-corrected chi connectivity index (χ1v) is 6.90. The fourth-order valence-electron chi connectivity index (χ4n) is 2.68. The van der Waals surface area contributed by atoms with Gasteiger partial charge in [0.05, 0.1) is 0 Å². The lowest BCUT2D eigenvalue weighted by molar-refractivity contribution is 0.535. The molecule has 2 aromatic carbocycles. The van der Waals surface area contributed by atoms with Crippen LogP contribution >= 0.6 is 0 Å². The van der Waals surface area contributed by atoms with Gasteiger partial charge >= 0.3 is 0 Å². The number of hydrogen-bond acceptors (Lipinski definition) is 1. The molecule has 0 radical (unpaired) electrons. The van der Waals surface area contributed by atoms with Crippen LogP contribution in [0.1, 0.15) is 31.1 Å². The molecule has 0 saturated carbocycles. The summed E-state index contributed by atoms with van der Waals surface area (Å²) in [6.45, 7) is 6.17. The SMILES string of the molecule is C=Cc1c(CCCC)oc2ccc3ccccc3c12. The Hall–Kier alpha value is -2.02. The standard InChI is InChI=1S/C18H18O/c1-3-5-10-16-14(4-2)18-15-9-7-6-8-13(15)11-12-17(18)19-16/h4,6-9,11-12H,2-3,5,10H2,1H3. The second-order valence-corrected chi connectivity index (χ2v) is 4.91. The molecule has 1 heteroatoms. The van der Waals surface area contributed by atoms with E-state index in [1.165, 1.54) is 28.1 Å². The van der Waals surface area contributed by atoms with E-state index in [0.29, 0.717) is 0 Å². The van der Waals surface area contributed by atoms with E-state index in [-0.39, 0.29) is 0 Å². The Kier molecular flexibility index (Phi) is 3.12. The second kappa shape index (κ2) is 4.93. The normalized spacial score (nSPS) is 11.2. The molecule has 3 rings (SSSR count). The predicted molar refractivity (Wildman–Crippen MR) is 82.4 cm³/mol. The minimum Gasteiger partial charge on any atom is -0.460 e. The van der Waals surface area contributed by atoms with Crippen molar-refractivity contribution in [1.29, 1.82) is 0 Å². The number of fused-ring (bicyclic) bond motifs is 3. The number of hydrogen-bond donors (Lipinski definition) is 0. The second-order valence-electron chi connectivity index (χ2n) is 4.91. The van der Waals surface area contributed by atoms with Gasteiger partial charge in [-0.05, 0) is 23.3 Å². The molecule has 0 unspecified atom stereocenters. The third kappa shape index (κ3) is 1.95. The highest BCUT2D eigenvalue weighted by molar-refractivity contribution is 6.09. The molecule has 19 heavy (non-hydrogen) atoms. The number of benzene rings is 2. The highest BCUT2D eigenvalue weighted by atomic mass is 16.3. The van der Waals surface area contributed by atoms with E-state index in [4.69, 9.17) is 4.42 Å². The van der Waals surface area contributed by atoms with Gasteiger partial charge in [-0.1, -0.05) is 56.3 Å². The zero-order valence-electron chi connectivity index (χ0n) is 11.3. The molecule has 0 aliphatic rings. The smallest absolute Gasteiger partial charge is 0.135 e. The summed E-state index contributed by atoms with van der Waals surface area (Å²) < 4.78 is 6.03. The summed E-state index contributed by atoms with van der Waals surface area (Å²) in [5.41, 5.74) is 2.14. The van der Waals surface area contributed by atoms with Crippen LogP contribution in [0, 0.1) is 0 Å². The van der Waals surface area contributed by atoms with Crippen LogP contribution in [-0.4, -0.2) is 0 Å². The summed E-state index contributed by atoms with van der Waals surface area (Å²) in [5.74, 6) is 1.07. The van der Waals surface area contributed by atoms with E-state index in [1.54, 1.807) is 0 Å². The fraction of sp³-hybridized carbons (Fsp3) is 0.222. The zero-order chi connectivity index (χ0) is 13.2. The first kappa shape index (κ1) is 12.0. The van der Waals surface area contributed by atoms with Crippen molar-refractivity contribution in [2.75, 3.05) is 0 Å². The maximum Gasteiger partial charge on any atom is 0.135 e. The molecule has 0 saturated heterocycles. The molecule has 0 spiro atoms. The Labute approximate surface area is 113 Å². The van der Waals surface area contributed by atoms with Crippen molar-refractivity contribution in [3.05, 3.63) is 54.3 Å². The molecule has 1 aromatic heterocycles. The van der Waals surface area contributed by atoms with Crippen LogP contribution < -0.4 is 0 Å². The molecule has 3 aromatic rings. The van der Waals surface area contributed by atoms with Crippen LogP contribution in [0.4, 0.5) is 0 Å². The van der Waals surface area contributed by atoms with Crippen molar-refractivity contribution >= 4 is 27.8 Å². The summed E-state index contributed by atoms with van der Waals surface area (Å²) in [6.07, 6.45) is 5.25. The van der Waals surface area contributed by atoms with Crippen molar-refractivity contribution in [2.24, 2.45) is 0 Å². The van der Waals surface area contributed by atoms with Crippen LogP contribution in [0.2, 0.25) is 0 Å². The van der Waals surface area contributed by atoms with Crippen LogP contribution in [0.3, 0.4) is 0 Å². The van der Waals surface area contributed by atoms with E-state index in [2.05, 4.69) is 49.9 Å². The van der Waals surface area contributed by atoms with Gasteiger partial charge in [-0.15, -0.1) is 0 Å². The van der Waals surface area contributed by atoms with Gasteiger partial charge < -0.3 is 4.42 Å². The van der Waals surface area contributed by atoms with Gasteiger partial charge in [-0.25, -0.2) is 0 Å². The van der Waals surface area contributed by atoms with Gasteiger partial charge in [0.1, 0.15) is 11.3 Å². The lowest BCUT2D eigenvalue weighted by atomic mass is 10.0. The maximum absolute atomic E-state index is 6.03. The van der Waals surface area contributed by atoms with Crippen LogP contribution in [0.25, 0.3) is 27.8 Å². The van der Waals surface area contributed by atoms with Crippen LogP contribution in [0.15, 0.2) is 47.4 Å². The van der Waals surface area contributed by atoms with Crippen molar-refractivity contribution in [3.63, 3.8) is 0 Å². The Morgan fingerprint density at radius 3 is 2.79 bits per heavy atom. The van der Waals surface area contributed by atoms with E-state index in [9.17, 15) is 0 Å². The molecule has 0 atom stereocenters. The third-order valence-electron chi connectivity index (χ3n) is 3.66. The monoisotopic (exact) mass is 250 g/mol. The van der Waals surface area contributed by atoms with Crippen molar-refractivity contribution in [3.8, 4) is 0 Å². The molecule has 96 valence electrons. The maximum atomic E-state index is 6.03. The highest BCUT2D eigenvalue weighted by Crippen LogP contribution is 2.34. The van der Waals surface area contributed by atoms with E-state index >= 15 is 0 Å². The van der Waals surface area contributed by atoms with Gasteiger partial charge in [0, 0.05) is 17.4 Å². The molecular weight excluding hydrogens is 232 g/mol. The minimum atomic E-state index is 0.972. The van der Waals surface area contributed by atoms with Crippen molar-refractivity contribution < 1.29 is 4.42 Å². The molecule has 0 aliphatic heterocycles. The Morgan fingerprint density at radius 1 is 1.16 bits per heavy atom. The number of rotatable bonds is 4. The van der Waals surface area contributed by atoms with Gasteiger partial charge in [0.25, 0.3) is 0 Å². The Morgan fingerprint density at radius 2 is 2.00 bits per heavy atom. The molecule has 1 heterocycles. The predicted octanol–water partition coefficient (Wildman–Crippen LogP) is 5.57. The largest absolute Gasteiger partial charge is 0.460 e. The van der Waals surface area contributed by atoms with E-state index in [0.717, 1.165) is 24.2 Å². The topological polar surface area (TPSA) is 13.1 Å². The Bertz CT molecular complexity index is 734. The highest BCUT2D eigenvalue weighted by Gasteiger charge is 2.13. The first-order chi connectivity index (χ1) is 9.35. The molecule has 0 fully saturated rings. The van der Waals surface area contributed by atoms with Gasteiger partial charge in [0.2, 0.25) is 0 Å². The summed E-state index contributed by atoms with van der Waals surface area (Å²) in [6, 6.07) is 12.6. The molecule has 0 bridgehead atoms. The van der Waals surface area contributed by atoms with Gasteiger partial charge in [0.15, 0.2) is 0 Å².